The molecule has 1 aliphatic carbocycles. The first-order valence-corrected chi connectivity index (χ1v) is 7.14. The number of carbonyl (C=O) groups is 1. The van der Waals surface area contributed by atoms with Crippen molar-refractivity contribution in [3.8, 4) is 5.75 Å². The molecule has 0 spiro atoms. The van der Waals surface area contributed by atoms with Gasteiger partial charge >= 0.3 is 5.97 Å². The van der Waals surface area contributed by atoms with Crippen molar-refractivity contribution in [3.05, 3.63) is 65.2 Å². The van der Waals surface area contributed by atoms with Crippen LogP contribution in [0.1, 0.15) is 40.7 Å². The molecule has 0 heterocycles. The first-order chi connectivity index (χ1) is 10.2. The summed E-state index contributed by atoms with van der Waals surface area (Å²) in [7, 11) is 1.67. The summed E-state index contributed by atoms with van der Waals surface area (Å²) in [5.74, 6) is -0.0249. The van der Waals surface area contributed by atoms with Crippen LogP contribution in [0.15, 0.2) is 48.5 Å². The standard InChI is InChI=1S/C18H18O3/c1-21-16-9-7-15(8-10-16)18(11-2-12-18)14-5-3-13(4-6-14)17(19)20/h3-10H,2,11-12H2,1H3,(H,19,20). The van der Waals surface area contributed by atoms with Crippen LogP contribution in [0.3, 0.4) is 0 Å². The van der Waals surface area contributed by atoms with E-state index in [1.54, 1.807) is 19.2 Å². The summed E-state index contributed by atoms with van der Waals surface area (Å²) in [4.78, 5) is 11.0. The molecule has 0 unspecified atom stereocenters. The quantitative estimate of drug-likeness (QED) is 0.926. The summed E-state index contributed by atoms with van der Waals surface area (Å²) in [6.07, 6.45) is 3.41. The average molecular weight is 282 g/mol. The number of carboxylic acids is 1. The molecule has 2 aromatic carbocycles. The zero-order valence-corrected chi connectivity index (χ0v) is 12.0. The van der Waals surface area contributed by atoms with E-state index < -0.39 is 5.97 Å². The lowest BCUT2D eigenvalue weighted by atomic mass is 9.60. The number of aromatic carboxylic acids is 1. The predicted octanol–water partition coefficient (Wildman–Crippen LogP) is 3.86. The van der Waals surface area contributed by atoms with Crippen molar-refractivity contribution in [1.82, 2.24) is 0 Å². The Balaban J connectivity index is 1.97. The Kier molecular flexibility index (Phi) is 3.42. The summed E-state index contributed by atoms with van der Waals surface area (Å²) in [5.41, 5.74) is 2.84. The molecule has 2 aromatic rings. The molecule has 1 saturated carbocycles. The lowest BCUT2D eigenvalue weighted by Crippen LogP contribution is -2.35. The molecule has 0 aromatic heterocycles. The number of hydrogen-bond acceptors (Lipinski definition) is 2. The number of ether oxygens (including phenoxy) is 1. The Labute approximate surface area is 124 Å². The topological polar surface area (TPSA) is 46.5 Å². The molecule has 3 nitrogen and oxygen atoms in total. The Morgan fingerprint density at radius 2 is 1.52 bits per heavy atom. The predicted molar refractivity (Wildman–Crippen MR) is 81.0 cm³/mol. The van der Waals surface area contributed by atoms with Crippen LogP contribution in [0.5, 0.6) is 5.75 Å². The Morgan fingerprint density at radius 3 is 1.90 bits per heavy atom. The van der Waals surface area contributed by atoms with E-state index in [0.717, 1.165) is 18.6 Å². The van der Waals surface area contributed by atoms with E-state index >= 15 is 0 Å². The number of rotatable bonds is 4. The minimum Gasteiger partial charge on any atom is -0.497 e. The zero-order valence-electron chi connectivity index (χ0n) is 12.0. The van der Waals surface area contributed by atoms with E-state index in [1.807, 2.05) is 24.3 Å². The van der Waals surface area contributed by atoms with Crippen LogP contribution in [0.2, 0.25) is 0 Å². The minimum atomic E-state index is -0.881. The van der Waals surface area contributed by atoms with Gasteiger partial charge in [0.25, 0.3) is 0 Å². The van der Waals surface area contributed by atoms with Gasteiger partial charge in [-0.25, -0.2) is 4.79 Å². The number of methoxy groups -OCH3 is 1. The molecule has 0 aliphatic heterocycles. The molecular weight excluding hydrogens is 264 g/mol. The second kappa shape index (κ2) is 5.24. The van der Waals surface area contributed by atoms with Gasteiger partial charge in [0.2, 0.25) is 0 Å². The van der Waals surface area contributed by atoms with Crippen LogP contribution in [0.25, 0.3) is 0 Å². The minimum absolute atomic E-state index is 0.0311. The SMILES string of the molecule is COc1ccc(C2(c3ccc(C(=O)O)cc3)CCC2)cc1. The van der Waals surface area contributed by atoms with Crippen molar-refractivity contribution < 1.29 is 14.6 Å². The van der Waals surface area contributed by atoms with Crippen LogP contribution >= 0.6 is 0 Å². The first kappa shape index (κ1) is 13.7. The van der Waals surface area contributed by atoms with Gasteiger partial charge in [0.05, 0.1) is 12.7 Å². The second-order valence-electron chi connectivity index (χ2n) is 5.55. The summed E-state index contributed by atoms with van der Waals surface area (Å²) in [6.45, 7) is 0. The van der Waals surface area contributed by atoms with Crippen LogP contribution < -0.4 is 4.74 Å². The van der Waals surface area contributed by atoms with E-state index in [0.29, 0.717) is 5.56 Å². The molecule has 21 heavy (non-hydrogen) atoms. The molecule has 0 radical (unpaired) electrons. The molecule has 0 atom stereocenters. The van der Waals surface area contributed by atoms with Crippen molar-refractivity contribution in [3.63, 3.8) is 0 Å². The third-order valence-corrected chi connectivity index (χ3v) is 4.53. The van der Waals surface area contributed by atoms with Crippen molar-refractivity contribution in [1.29, 1.82) is 0 Å². The van der Waals surface area contributed by atoms with Crippen LogP contribution in [-0.2, 0) is 5.41 Å². The summed E-state index contributed by atoms with van der Waals surface area (Å²) in [6, 6.07) is 15.5. The van der Waals surface area contributed by atoms with Gasteiger partial charge in [-0.2, -0.15) is 0 Å². The summed E-state index contributed by atoms with van der Waals surface area (Å²) in [5, 5.41) is 9.01. The van der Waals surface area contributed by atoms with Crippen molar-refractivity contribution in [2.45, 2.75) is 24.7 Å². The van der Waals surface area contributed by atoms with Crippen molar-refractivity contribution in [2.75, 3.05) is 7.11 Å². The molecule has 3 rings (SSSR count). The van der Waals surface area contributed by atoms with E-state index in [-0.39, 0.29) is 5.41 Å². The molecule has 0 saturated heterocycles. The monoisotopic (exact) mass is 282 g/mol. The van der Waals surface area contributed by atoms with Gasteiger partial charge in [-0.05, 0) is 48.2 Å². The highest BCUT2D eigenvalue weighted by Crippen LogP contribution is 2.49. The van der Waals surface area contributed by atoms with Gasteiger partial charge in [0.1, 0.15) is 5.75 Å². The van der Waals surface area contributed by atoms with Gasteiger partial charge in [-0.15, -0.1) is 0 Å². The smallest absolute Gasteiger partial charge is 0.335 e. The average Bonchev–Trinajstić information content (AvgIpc) is 2.47. The van der Waals surface area contributed by atoms with Gasteiger partial charge in [-0.1, -0.05) is 30.7 Å². The second-order valence-corrected chi connectivity index (χ2v) is 5.55. The number of hydrogen-bond donors (Lipinski definition) is 1. The van der Waals surface area contributed by atoms with Gasteiger partial charge < -0.3 is 9.84 Å². The Bertz CT molecular complexity index is 637. The maximum atomic E-state index is 11.0. The Hall–Kier alpha value is -2.29. The number of carboxylic acid groups (broad SMARTS) is 1. The molecule has 1 N–H and O–H groups in total. The maximum absolute atomic E-state index is 11.0. The van der Waals surface area contributed by atoms with Crippen LogP contribution in [0.4, 0.5) is 0 Å². The van der Waals surface area contributed by atoms with Gasteiger partial charge in [0.15, 0.2) is 0 Å². The lowest BCUT2D eigenvalue weighted by molar-refractivity contribution is 0.0697. The largest absolute Gasteiger partial charge is 0.497 e. The summed E-state index contributed by atoms with van der Waals surface area (Å²) < 4.78 is 5.22. The fourth-order valence-corrected chi connectivity index (χ4v) is 3.12. The molecule has 108 valence electrons. The van der Waals surface area contributed by atoms with Crippen LogP contribution in [-0.4, -0.2) is 18.2 Å². The third-order valence-electron chi connectivity index (χ3n) is 4.53. The molecule has 1 fully saturated rings. The van der Waals surface area contributed by atoms with Gasteiger partial charge in [0, 0.05) is 5.41 Å². The van der Waals surface area contributed by atoms with Crippen molar-refractivity contribution >= 4 is 5.97 Å². The highest BCUT2D eigenvalue weighted by Gasteiger charge is 2.40. The lowest BCUT2D eigenvalue weighted by Gasteiger charge is -2.43. The maximum Gasteiger partial charge on any atom is 0.335 e. The molecule has 1 aliphatic rings. The fourth-order valence-electron chi connectivity index (χ4n) is 3.12. The number of benzene rings is 2. The molecular formula is C18H18O3. The Morgan fingerprint density at radius 1 is 1.00 bits per heavy atom. The highest BCUT2D eigenvalue weighted by atomic mass is 16.5. The fraction of sp³-hybridized carbons (Fsp3) is 0.278. The van der Waals surface area contributed by atoms with E-state index in [1.165, 1.54) is 17.5 Å². The van der Waals surface area contributed by atoms with Crippen molar-refractivity contribution in [2.24, 2.45) is 0 Å². The van der Waals surface area contributed by atoms with Gasteiger partial charge in [-0.3, -0.25) is 0 Å². The molecule has 0 amide bonds. The molecule has 3 heteroatoms. The van der Waals surface area contributed by atoms with E-state index in [4.69, 9.17) is 9.84 Å². The zero-order chi connectivity index (χ0) is 14.9. The normalized spacial score (nSPS) is 16.0. The molecule has 0 bridgehead atoms. The van der Waals surface area contributed by atoms with E-state index in [9.17, 15) is 4.79 Å². The van der Waals surface area contributed by atoms with Crippen LogP contribution in [0, 0.1) is 0 Å². The summed E-state index contributed by atoms with van der Waals surface area (Å²) >= 11 is 0. The van der Waals surface area contributed by atoms with E-state index in [2.05, 4.69) is 12.1 Å². The first-order valence-electron chi connectivity index (χ1n) is 7.14. The third kappa shape index (κ3) is 2.29. The highest BCUT2D eigenvalue weighted by molar-refractivity contribution is 5.87.